The van der Waals surface area contributed by atoms with Crippen molar-refractivity contribution in [1.29, 1.82) is 0 Å². The maximum Gasteiger partial charge on any atom is 0.0152 e. The van der Waals surface area contributed by atoms with E-state index in [0.29, 0.717) is 0 Å². The van der Waals surface area contributed by atoms with Gasteiger partial charge < -0.3 is 10.2 Å². The number of piperidine rings is 1. The molecule has 0 aromatic carbocycles. The van der Waals surface area contributed by atoms with E-state index >= 15 is 0 Å². The molecule has 0 radical (unpaired) electrons. The summed E-state index contributed by atoms with van der Waals surface area (Å²) in [4.78, 5) is 2.59. The van der Waals surface area contributed by atoms with Crippen LogP contribution in [0, 0.1) is 11.8 Å². The second-order valence-electron chi connectivity index (χ2n) is 4.19. The predicted molar refractivity (Wildman–Crippen MR) is 46.5 cm³/mol. The lowest BCUT2D eigenvalue weighted by atomic mass is 10.3. The lowest BCUT2D eigenvalue weighted by Gasteiger charge is -2.23. The Morgan fingerprint density at radius 2 is 1.82 bits per heavy atom. The largest absolute Gasteiger partial charge is 0.316 e. The Labute approximate surface area is 69.0 Å². The van der Waals surface area contributed by atoms with Gasteiger partial charge in [-0.05, 0) is 32.7 Å². The summed E-state index contributed by atoms with van der Waals surface area (Å²) >= 11 is 0. The van der Waals surface area contributed by atoms with E-state index in [1.54, 1.807) is 0 Å². The molecule has 1 aliphatic carbocycles. The van der Waals surface area contributed by atoms with Gasteiger partial charge in [-0.1, -0.05) is 0 Å². The molecule has 2 rings (SSSR count). The smallest absolute Gasteiger partial charge is 0.0152 e. The third kappa shape index (κ3) is 1.09. The van der Waals surface area contributed by atoms with Crippen LogP contribution in [0.15, 0.2) is 0 Å². The van der Waals surface area contributed by atoms with E-state index in [1.165, 1.54) is 13.1 Å². The van der Waals surface area contributed by atoms with Gasteiger partial charge in [0.05, 0.1) is 0 Å². The first-order valence-corrected chi connectivity index (χ1v) is 4.65. The van der Waals surface area contributed by atoms with Gasteiger partial charge >= 0.3 is 0 Å². The fourth-order valence-corrected chi connectivity index (χ4v) is 2.41. The molecular formula is C9H18N2. The van der Waals surface area contributed by atoms with Crippen LogP contribution in [0.25, 0.3) is 0 Å². The Morgan fingerprint density at radius 3 is 2.18 bits per heavy atom. The fourth-order valence-electron chi connectivity index (χ4n) is 2.41. The van der Waals surface area contributed by atoms with E-state index in [0.717, 1.165) is 23.9 Å². The van der Waals surface area contributed by atoms with Gasteiger partial charge in [0, 0.05) is 25.2 Å². The molecule has 1 aliphatic heterocycles. The summed E-state index contributed by atoms with van der Waals surface area (Å²) in [6.45, 7) is 7.24. The minimum Gasteiger partial charge on any atom is -0.316 e. The second-order valence-corrected chi connectivity index (χ2v) is 4.19. The maximum absolute atomic E-state index is 3.37. The van der Waals surface area contributed by atoms with Crippen LogP contribution in [0.1, 0.15) is 13.8 Å². The van der Waals surface area contributed by atoms with Crippen LogP contribution < -0.4 is 5.32 Å². The van der Waals surface area contributed by atoms with Gasteiger partial charge in [0.15, 0.2) is 0 Å². The molecule has 2 nitrogen and oxygen atoms in total. The Morgan fingerprint density at radius 1 is 1.27 bits per heavy atom. The summed E-state index contributed by atoms with van der Waals surface area (Å²) in [6, 6.07) is 1.60. The highest BCUT2D eigenvalue weighted by atomic mass is 15.2. The lowest BCUT2D eigenvalue weighted by Crippen LogP contribution is -2.34. The molecule has 11 heavy (non-hydrogen) atoms. The summed E-state index contributed by atoms with van der Waals surface area (Å²) in [5, 5.41) is 3.37. The first-order chi connectivity index (χ1) is 5.24. The van der Waals surface area contributed by atoms with E-state index in [1.807, 2.05) is 0 Å². The highest BCUT2D eigenvalue weighted by Crippen LogP contribution is 2.45. The normalized spacial score (nSPS) is 43.1. The van der Waals surface area contributed by atoms with Crippen molar-refractivity contribution < 1.29 is 0 Å². The minimum absolute atomic E-state index is 0.750. The first-order valence-electron chi connectivity index (χ1n) is 4.65. The van der Waals surface area contributed by atoms with Gasteiger partial charge in [-0.2, -0.15) is 0 Å². The Hall–Kier alpha value is -0.0800. The number of hydrogen-bond donors (Lipinski definition) is 1. The van der Waals surface area contributed by atoms with E-state index < -0.39 is 0 Å². The standard InChI is InChI=1S/C9H18N2/c1-6(2)11-4-7-8(5-11)9(7)10-3/h6-10H,4-5H2,1-3H3. The molecule has 0 aromatic heterocycles. The van der Waals surface area contributed by atoms with Crippen molar-refractivity contribution in [1.82, 2.24) is 10.2 Å². The van der Waals surface area contributed by atoms with E-state index in [9.17, 15) is 0 Å². The molecule has 0 amide bonds. The molecule has 1 saturated heterocycles. The Bertz CT molecular complexity index is 144. The van der Waals surface area contributed by atoms with Crippen LogP contribution in [0.3, 0.4) is 0 Å². The molecule has 2 heteroatoms. The van der Waals surface area contributed by atoms with Crippen molar-refractivity contribution >= 4 is 0 Å². The fraction of sp³-hybridized carbons (Fsp3) is 1.00. The zero-order valence-electron chi connectivity index (χ0n) is 7.67. The third-order valence-electron chi connectivity index (χ3n) is 3.29. The van der Waals surface area contributed by atoms with E-state index in [-0.39, 0.29) is 0 Å². The highest BCUT2D eigenvalue weighted by Gasteiger charge is 2.54. The van der Waals surface area contributed by atoms with E-state index in [4.69, 9.17) is 0 Å². The van der Waals surface area contributed by atoms with Crippen molar-refractivity contribution in [2.45, 2.75) is 25.9 Å². The SMILES string of the molecule is CNC1C2CN(C(C)C)CC21. The van der Waals surface area contributed by atoms with Gasteiger partial charge in [0.2, 0.25) is 0 Å². The Balaban J connectivity index is 1.85. The predicted octanol–water partition coefficient (Wildman–Crippen LogP) is 0.544. The number of likely N-dealkylation sites (tertiary alicyclic amines) is 1. The van der Waals surface area contributed by atoms with Gasteiger partial charge in [-0.15, -0.1) is 0 Å². The number of nitrogens with one attached hydrogen (secondary N) is 1. The van der Waals surface area contributed by atoms with Gasteiger partial charge in [0.1, 0.15) is 0 Å². The number of fused-ring (bicyclic) bond motifs is 1. The molecule has 64 valence electrons. The number of hydrogen-bond acceptors (Lipinski definition) is 2. The summed E-state index contributed by atoms with van der Waals surface area (Å²) in [7, 11) is 2.09. The zero-order valence-corrected chi connectivity index (χ0v) is 7.67. The van der Waals surface area contributed by atoms with Crippen molar-refractivity contribution in [2.75, 3.05) is 20.1 Å². The van der Waals surface area contributed by atoms with Crippen LogP contribution in [0.4, 0.5) is 0 Å². The van der Waals surface area contributed by atoms with E-state index in [2.05, 4.69) is 31.1 Å². The molecule has 2 fully saturated rings. The summed E-state index contributed by atoms with van der Waals surface area (Å²) in [5.41, 5.74) is 0. The minimum atomic E-state index is 0.750. The summed E-state index contributed by atoms with van der Waals surface area (Å²) < 4.78 is 0. The first kappa shape index (κ1) is 7.56. The number of rotatable bonds is 2. The monoisotopic (exact) mass is 154 g/mol. The molecular weight excluding hydrogens is 136 g/mol. The molecule has 1 heterocycles. The van der Waals surface area contributed by atoms with Crippen LogP contribution in [-0.4, -0.2) is 37.1 Å². The highest BCUT2D eigenvalue weighted by molar-refractivity contribution is 5.09. The Kier molecular flexibility index (Phi) is 1.69. The van der Waals surface area contributed by atoms with Crippen molar-refractivity contribution in [3.63, 3.8) is 0 Å². The molecule has 2 aliphatic rings. The molecule has 0 bridgehead atoms. The van der Waals surface area contributed by atoms with Gasteiger partial charge in [0.25, 0.3) is 0 Å². The summed E-state index contributed by atoms with van der Waals surface area (Å²) in [5.74, 6) is 1.95. The van der Waals surface area contributed by atoms with Crippen molar-refractivity contribution in [3.8, 4) is 0 Å². The lowest BCUT2D eigenvalue weighted by molar-refractivity contribution is 0.239. The molecule has 1 N–H and O–H groups in total. The van der Waals surface area contributed by atoms with Crippen LogP contribution in [-0.2, 0) is 0 Å². The average molecular weight is 154 g/mol. The molecule has 1 saturated carbocycles. The molecule has 2 unspecified atom stereocenters. The average Bonchev–Trinajstić information content (AvgIpc) is 2.41. The van der Waals surface area contributed by atoms with Crippen molar-refractivity contribution in [3.05, 3.63) is 0 Å². The zero-order chi connectivity index (χ0) is 8.01. The quantitative estimate of drug-likeness (QED) is 0.624. The van der Waals surface area contributed by atoms with Gasteiger partial charge in [-0.3, -0.25) is 0 Å². The van der Waals surface area contributed by atoms with Crippen molar-refractivity contribution in [2.24, 2.45) is 11.8 Å². The number of nitrogens with zero attached hydrogens (tertiary/aromatic N) is 1. The topological polar surface area (TPSA) is 15.3 Å². The van der Waals surface area contributed by atoms with Crippen LogP contribution in [0.2, 0.25) is 0 Å². The van der Waals surface area contributed by atoms with Crippen LogP contribution in [0.5, 0.6) is 0 Å². The molecule has 0 aromatic rings. The van der Waals surface area contributed by atoms with Gasteiger partial charge in [-0.25, -0.2) is 0 Å². The summed E-state index contributed by atoms with van der Waals surface area (Å²) in [6.07, 6.45) is 0. The molecule has 0 spiro atoms. The third-order valence-corrected chi connectivity index (χ3v) is 3.29. The second kappa shape index (κ2) is 2.46. The molecule has 2 atom stereocenters. The van der Waals surface area contributed by atoms with Crippen LogP contribution >= 0.6 is 0 Å². The maximum atomic E-state index is 3.37.